The van der Waals surface area contributed by atoms with Gasteiger partial charge in [-0.05, 0) is 63.2 Å². The summed E-state index contributed by atoms with van der Waals surface area (Å²) >= 11 is 4.74. The Morgan fingerprint density at radius 1 is 0.711 bits per heavy atom. The Kier molecular flexibility index (Phi) is 14.1. The zero-order chi connectivity index (χ0) is 32.5. The van der Waals surface area contributed by atoms with Crippen molar-refractivity contribution in [3.63, 3.8) is 0 Å². The van der Waals surface area contributed by atoms with Crippen molar-refractivity contribution in [2.24, 2.45) is 0 Å². The molecule has 2 aliphatic rings. The number of fused-ring (bicyclic) bond motifs is 2. The average molecular weight is 918 g/mol. The summed E-state index contributed by atoms with van der Waals surface area (Å²) in [4.78, 5) is 19.2. The fraction of sp³-hybridized carbons (Fsp3) is 0.379. The molecule has 0 atom stereocenters. The summed E-state index contributed by atoms with van der Waals surface area (Å²) in [6, 6.07) is 13.6. The van der Waals surface area contributed by atoms with Crippen molar-refractivity contribution in [2.45, 2.75) is 29.6 Å². The van der Waals surface area contributed by atoms with Crippen molar-refractivity contribution in [1.82, 2.24) is 29.2 Å². The van der Waals surface area contributed by atoms with Crippen LogP contribution < -0.4 is 16.2 Å². The van der Waals surface area contributed by atoms with Crippen LogP contribution in [0.3, 0.4) is 0 Å². The zero-order valence-electron chi connectivity index (χ0n) is 24.7. The number of H-pyrrole nitrogens is 1. The molecule has 11 nitrogen and oxygen atoms in total. The van der Waals surface area contributed by atoms with Gasteiger partial charge in [0.25, 0.3) is 5.56 Å². The van der Waals surface area contributed by atoms with Crippen LogP contribution in [0.2, 0.25) is 0 Å². The van der Waals surface area contributed by atoms with Crippen LogP contribution in [0, 0.1) is 6.92 Å². The molecule has 4 aromatic rings. The molecule has 243 valence electrons. The van der Waals surface area contributed by atoms with Gasteiger partial charge in [-0.2, -0.15) is 8.61 Å². The van der Waals surface area contributed by atoms with Gasteiger partial charge in [-0.1, -0.05) is 18.2 Å². The van der Waals surface area contributed by atoms with E-state index in [0.29, 0.717) is 64.4 Å². The Hall–Kier alpha value is -1.16. The molecule has 16 heteroatoms. The average Bonchev–Trinajstić information content (AvgIpc) is 3.49. The van der Waals surface area contributed by atoms with Gasteiger partial charge < -0.3 is 15.6 Å². The number of aromatic nitrogens is 2. The molecule has 2 aromatic heterocycles. The summed E-state index contributed by atoms with van der Waals surface area (Å²) in [5.41, 5.74) is 0.573. The van der Waals surface area contributed by atoms with Crippen LogP contribution in [0.4, 0.5) is 0 Å². The number of hydrogen-bond donors (Lipinski definition) is 3. The number of nitrogens with zero attached hydrogens (tertiary/aromatic N) is 3. The van der Waals surface area contributed by atoms with E-state index in [-0.39, 0.29) is 10.5 Å². The Bertz CT molecular complexity index is 1860. The summed E-state index contributed by atoms with van der Waals surface area (Å²) < 4.78 is 54.7. The van der Waals surface area contributed by atoms with Crippen LogP contribution in [0.15, 0.2) is 75.5 Å². The predicted molar refractivity (Wildman–Crippen MR) is 192 cm³/mol. The first-order valence-corrected chi connectivity index (χ1v) is 26.3. The molecule has 0 saturated carbocycles. The standard InChI is InChI=1S/C15H19N3O2S.C14H17N3O3S.2HI.V/c1-12-13-4-2-5-15(14(13)6-8-17-12)21(19,20)18-10-3-7-16-9-11-18;18-14-12-3-1-4-13(11(12)5-7-16-14)21(19,20)17-9-2-6-15-8-10-17;;;/h2,4-6,8,16H,3,7,9-11H2,1H3;1,3-5,7,15H,2,6,8-10H2,(H,16,18);2*1H;/q;;;;+2/p-2. The van der Waals surface area contributed by atoms with Gasteiger partial charge in [0.1, 0.15) is 0 Å². The predicted octanol–water partition coefficient (Wildman–Crippen LogP) is 3.81. The molecule has 2 fully saturated rings. The summed E-state index contributed by atoms with van der Waals surface area (Å²) in [5, 5.41) is 8.93. The van der Waals surface area contributed by atoms with Gasteiger partial charge in [-0.25, -0.2) is 16.8 Å². The molecule has 0 unspecified atom stereocenters. The Morgan fingerprint density at radius 2 is 1.22 bits per heavy atom. The number of halogens is 2. The number of sulfonamides is 2. The Balaban J connectivity index is 0.000000189. The van der Waals surface area contributed by atoms with E-state index in [1.807, 2.05) is 13.0 Å². The third kappa shape index (κ3) is 9.06. The molecule has 4 heterocycles. The maximum absolute atomic E-state index is 12.9. The number of aryl methyl sites for hydroxylation is 1. The Labute approximate surface area is 293 Å². The van der Waals surface area contributed by atoms with Crippen molar-refractivity contribution >= 4 is 81.5 Å². The molecule has 3 N–H and O–H groups in total. The summed E-state index contributed by atoms with van der Waals surface area (Å²) in [6.07, 6.45) is 4.77. The van der Waals surface area contributed by atoms with Crippen molar-refractivity contribution in [3.05, 3.63) is 77.0 Å². The van der Waals surface area contributed by atoms with E-state index in [2.05, 4.69) is 60.6 Å². The first kappa shape index (κ1) is 36.7. The van der Waals surface area contributed by atoms with Crippen molar-refractivity contribution in [3.8, 4) is 0 Å². The van der Waals surface area contributed by atoms with E-state index in [0.717, 1.165) is 42.4 Å². The minimum absolute atomic E-state index is 0.202. The van der Waals surface area contributed by atoms with Crippen molar-refractivity contribution in [1.29, 1.82) is 0 Å². The number of rotatable bonds is 4. The van der Waals surface area contributed by atoms with Gasteiger partial charge in [0.15, 0.2) is 0 Å². The van der Waals surface area contributed by atoms with Crippen LogP contribution in [0.1, 0.15) is 18.5 Å². The number of aromatic amines is 1. The van der Waals surface area contributed by atoms with Gasteiger partial charge in [-0.3, -0.25) is 9.78 Å². The molecule has 45 heavy (non-hydrogen) atoms. The fourth-order valence-electron chi connectivity index (χ4n) is 5.37. The first-order chi connectivity index (χ1) is 21.6. The van der Waals surface area contributed by atoms with Crippen LogP contribution in [-0.2, 0) is 29.5 Å². The molecule has 0 bridgehead atoms. The van der Waals surface area contributed by atoms with E-state index >= 15 is 0 Å². The van der Waals surface area contributed by atoms with E-state index in [4.69, 9.17) is 0 Å². The van der Waals surface area contributed by atoms with E-state index < -0.39 is 20.0 Å². The van der Waals surface area contributed by atoms with Crippen LogP contribution in [-0.4, -0.2) is 87.8 Å². The third-order valence-corrected chi connectivity index (χ3v) is 11.5. The molecule has 2 aromatic carbocycles. The van der Waals surface area contributed by atoms with Crippen molar-refractivity contribution in [2.75, 3.05) is 52.4 Å². The van der Waals surface area contributed by atoms with Crippen LogP contribution in [0.25, 0.3) is 21.5 Å². The molecule has 0 aliphatic carbocycles. The number of benzene rings is 2. The second-order valence-electron chi connectivity index (χ2n) is 10.4. The molecular formula is C29H36I2N6O5S2V. The first-order valence-electron chi connectivity index (χ1n) is 14.4. The molecule has 6 rings (SSSR count). The Morgan fingerprint density at radius 3 is 1.78 bits per heavy atom. The van der Waals surface area contributed by atoms with E-state index in [1.165, 1.54) is 10.5 Å². The second-order valence-corrected chi connectivity index (χ2v) is 26.0. The normalized spacial score (nSPS) is 16.9. The van der Waals surface area contributed by atoms with Gasteiger partial charge in [0, 0.05) is 78.9 Å². The molecule has 0 spiro atoms. The fourth-order valence-corrected chi connectivity index (χ4v) is 8.74. The van der Waals surface area contributed by atoms with E-state index in [1.54, 1.807) is 53.0 Å². The molecular weight excluding hydrogens is 881 g/mol. The SMILES string of the molecule is Cc1nccc2c(S(=O)(=O)N3CCCNCC3)cccc12.O=c1[nH]ccc2c(S(=O)(=O)N3CCCNCC3)cccc12.[I][V][I]. The van der Waals surface area contributed by atoms with Gasteiger partial charge in [0.2, 0.25) is 20.0 Å². The molecule has 2 aliphatic heterocycles. The second kappa shape index (κ2) is 17.3. The minimum atomic E-state index is -3.59. The van der Waals surface area contributed by atoms with Gasteiger partial charge in [-0.15, -0.1) is 0 Å². The molecule has 0 amide bonds. The van der Waals surface area contributed by atoms with Crippen molar-refractivity contribution < 1.29 is 26.3 Å². The summed E-state index contributed by atoms with van der Waals surface area (Å²) in [7, 11) is -6.42. The summed E-state index contributed by atoms with van der Waals surface area (Å²) in [6.45, 7) is 6.95. The number of nitrogens with one attached hydrogen (secondary N) is 3. The van der Waals surface area contributed by atoms with E-state index in [9.17, 15) is 21.6 Å². The topological polar surface area (TPSA) is 145 Å². The molecule has 0 radical (unpaired) electrons. The third-order valence-electron chi connectivity index (χ3n) is 7.57. The van der Waals surface area contributed by atoms with Crippen LogP contribution >= 0.6 is 40.0 Å². The monoisotopic (exact) mass is 917 g/mol. The number of pyridine rings is 2. The quantitative estimate of drug-likeness (QED) is 0.263. The molecule has 2 saturated heterocycles. The van der Waals surface area contributed by atoms with Crippen LogP contribution in [0.5, 0.6) is 0 Å². The number of hydrogen-bond acceptors (Lipinski definition) is 8. The maximum atomic E-state index is 12.9. The van der Waals surface area contributed by atoms with Gasteiger partial charge in [0.05, 0.1) is 9.79 Å². The zero-order valence-corrected chi connectivity index (χ0v) is 32.1. The van der Waals surface area contributed by atoms with Gasteiger partial charge >= 0.3 is 49.4 Å². The summed E-state index contributed by atoms with van der Waals surface area (Å²) in [5.74, 6) is 0.